The van der Waals surface area contributed by atoms with Gasteiger partial charge >= 0.3 is 29.7 Å². The number of hydrogen-bond donors (Lipinski definition) is 2. The van der Waals surface area contributed by atoms with Gasteiger partial charge in [-0.15, -0.1) is 0 Å². The van der Waals surface area contributed by atoms with Crippen molar-refractivity contribution in [2.24, 2.45) is 0 Å². The number of benzene rings is 4. The summed E-state index contributed by atoms with van der Waals surface area (Å²) < 4.78 is 9.51. The standard InChI is InChI=1S/C11H10O.2C10H12O.C6H5.C4H6O.BrH.Cl3OP.Mg/c12-10-6-2-5-9-11-7-3-1-4-8-11;1-9(11)7-8-10-5-3-2-4-6-10;1-2-6-10(11)9-7-4-3-5-8-9;1-2-4-6-5-3-1;1-2-3-4-5;;1-5(2,3)4;/h1-10H;2-9,11H,1H3;2-8,10-11H,1H3;1-5H;2-4H,1H3;1H;;/q;;;-1;;;;+2/b6-2+,9-5+;8-7+;6-2+;;3-2+;;;. The molecule has 0 fully saturated rings. The Morgan fingerprint density at radius 1 is 0.635 bits per heavy atom. The van der Waals surface area contributed by atoms with E-state index in [1.807, 2.05) is 153 Å². The number of carbonyl (C=O) groups excluding carboxylic acids is 2. The minimum atomic E-state index is -3.22. The van der Waals surface area contributed by atoms with Crippen LogP contribution in [0.2, 0.25) is 0 Å². The van der Waals surface area contributed by atoms with E-state index in [1.165, 1.54) is 12.2 Å². The monoisotopic (exact) mass is 857 g/mol. The molecule has 0 aliphatic rings. The van der Waals surface area contributed by atoms with Gasteiger partial charge in [0.1, 0.15) is 12.6 Å². The van der Waals surface area contributed by atoms with E-state index in [0.29, 0.717) is 0 Å². The normalized spacial score (nSPS) is 11.2. The molecule has 2 atom stereocenters. The zero-order chi connectivity index (χ0) is 37.7. The van der Waals surface area contributed by atoms with E-state index in [4.69, 9.17) is 5.11 Å². The van der Waals surface area contributed by atoms with Gasteiger partial charge in [0.25, 0.3) is 0 Å². The van der Waals surface area contributed by atoms with E-state index in [1.54, 1.807) is 38.2 Å². The smallest absolute Gasteiger partial charge is 1.00 e. The fourth-order valence-electron chi connectivity index (χ4n) is 3.02. The fraction of sp³-hybridized carbons (Fsp3) is 0.122. The van der Waals surface area contributed by atoms with Gasteiger partial charge in [-0.05, 0) is 83.3 Å². The first kappa shape index (κ1) is 55.9. The summed E-state index contributed by atoms with van der Waals surface area (Å²) >= 11 is 13.8. The summed E-state index contributed by atoms with van der Waals surface area (Å²) in [6, 6.07) is 41.9. The Kier molecular flexibility index (Phi) is 44.0. The van der Waals surface area contributed by atoms with E-state index in [9.17, 15) is 19.3 Å². The first-order valence-electron chi connectivity index (χ1n) is 15.3. The SMILES string of the molecule is C/C=C/C(O)c1ccccc1.C/C=C/C=O.CC(O)/C=C/c1ccccc1.O=C/C=C/C=C/c1ccccc1.O=P(Cl)(Cl)Cl.[Br-].[H+].[Mg+2].[c-]1ccccc1. The molecule has 0 heterocycles. The molecule has 0 saturated heterocycles. The van der Waals surface area contributed by atoms with Crippen LogP contribution < -0.4 is 17.0 Å². The molecule has 0 aromatic heterocycles. The molecule has 4 aromatic rings. The Morgan fingerprint density at radius 2 is 1.06 bits per heavy atom. The predicted molar refractivity (Wildman–Crippen MR) is 222 cm³/mol. The average Bonchev–Trinajstić information content (AvgIpc) is 3.12. The van der Waals surface area contributed by atoms with Crippen molar-refractivity contribution in [2.75, 3.05) is 0 Å². The quantitative estimate of drug-likeness (QED) is 0.0353. The molecule has 2 N–H and O–H groups in total. The van der Waals surface area contributed by atoms with Crippen LogP contribution in [0.4, 0.5) is 0 Å². The summed E-state index contributed by atoms with van der Waals surface area (Å²) in [6.07, 6.45) is 18.0. The van der Waals surface area contributed by atoms with Gasteiger partial charge in [-0.25, -0.2) is 0 Å². The Bertz CT molecular complexity index is 1520. The molecule has 0 radical (unpaired) electrons. The summed E-state index contributed by atoms with van der Waals surface area (Å²) in [5.74, 6) is 0. The van der Waals surface area contributed by atoms with Crippen molar-refractivity contribution in [3.63, 3.8) is 0 Å². The van der Waals surface area contributed by atoms with Crippen LogP contribution in [0.5, 0.6) is 0 Å². The van der Waals surface area contributed by atoms with Crippen molar-refractivity contribution < 1.29 is 42.8 Å². The Labute approximate surface area is 352 Å². The molecular weight excluding hydrogens is 814 g/mol. The molecule has 0 aliphatic heterocycles. The van der Waals surface area contributed by atoms with Gasteiger partial charge in [0.2, 0.25) is 0 Å². The zero-order valence-electron chi connectivity index (χ0n) is 30.4. The van der Waals surface area contributed by atoms with Crippen molar-refractivity contribution in [2.45, 2.75) is 33.0 Å². The van der Waals surface area contributed by atoms with Crippen molar-refractivity contribution in [1.82, 2.24) is 0 Å². The van der Waals surface area contributed by atoms with E-state index in [0.717, 1.165) is 29.3 Å². The van der Waals surface area contributed by atoms with Gasteiger partial charge in [0, 0.05) is 0 Å². The number of hydrogen-bond acceptors (Lipinski definition) is 5. The van der Waals surface area contributed by atoms with E-state index >= 15 is 0 Å². The fourth-order valence-corrected chi connectivity index (χ4v) is 3.02. The van der Waals surface area contributed by atoms with Crippen LogP contribution in [0.15, 0.2) is 170 Å². The topological polar surface area (TPSA) is 91.7 Å². The third-order valence-corrected chi connectivity index (χ3v) is 5.15. The first-order chi connectivity index (χ1) is 24.0. The molecule has 0 bridgehead atoms. The van der Waals surface area contributed by atoms with Crippen LogP contribution in [0.25, 0.3) is 12.2 Å². The second kappa shape index (κ2) is 40.9. The molecule has 4 rings (SSSR count). The summed E-state index contributed by atoms with van der Waals surface area (Å²) in [6.45, 7) is 5.43. The van der Waals surface area contributed by atoms with E-state index in [-0.39, 0.29) is 47.6 Å². The third kappa shape index (κ3) is 45.2. The maximum absolute atomic E-state index is 9.90. The summed E-state index contributed by atoms with van der Waals surface area (Å²) in [5.41, 5.74) is 3.19. The zero-order valence-corrected chi connectivity index (χ0v) is 35.6. The molecule has 11 heteroatoms. The van der Waals surface area contributed by atoms with Gasteiger partial charge < -0.3 is 27.2 Å². The molecule has 0 spiro atoms. The molecular formula is C41H46BrCl3MgO5P+. The molecule has 0 amide bonds. The molecule has 4 aromatic carbocycles. The van der Waals surface area contributed by atoms with Crippen molar-refractivity contribution >= 4 is 86.7 Å². The molecule has 0 saturated carbocycles. The van der Waals surface area contributed by atoms with Crippen LogP contribution in [-0.2, 0) is 14.2 Å². The summed E-state index contributed by atoms with van der Waals surface area (Å²) in [5, 5.41) is 15.1. The number of aliphatic hydroxyl groups is 2. The molecule has 5 nitrogen and oxygen atoms in total. The molecule has 2 unspecified atom stereocenters. The van der Waals surface area contributed by atoms with Crippen LogP contribution >= 0.6 is 38.9 Å². The number of halogens is 4. The molecule has 52 heavy (non-hydrogen) atoms. The molecule has 0 aliphatic carbocycles. The maximum atomic E-state index is 9.90. The largest absolute Gasteiger partial charge is 2.00 e. The van der Waals surface area contributed by atoms with Crippen LogP contribution in [-0.4, -0.2) is 51.9 Å². The number of aliphatic hydroxyl groups excluding tert-OH is 2. The second-order valence-corrected chi connectivity index (χ2v) is 16.0. The number of carbonyl (C=O) groups is 2. The third-order valence-electron chi connectivity index (χ3n) is 5.15. The summed E-state index contributed by atoms with van der Waals surface area (Å²) in [7, 11) is 0. The Balaban J connectivity index is -0.000000178. The van der Waals surface area contributed by atoms with Crippen LogP contribution in [0.3, 0.4) is 0 Å². The number of rotatable bonds is 8. The Morgan fingerprint density at radius 3 is 1.38 bits per heavy atom. The Hall–Kier alpha value is -2.81. The predicted octanol–water partition coefficient (Wildman–Crippen LogP) is 8.63. The van der Waals surface area contributed by atoms with Crippen molar-refractivity contribution in [1.29, 1.82) is 0 Å². The number of aldehydes is 2. The van der Waals surface area contributed by atoms with Crippen molar-refractivity contribution in [3.8, 4) is 0 Å². The van der Waals surface area contributed by atoms with E-state index in [2.05, 4.69) is 39.8 Å². The molecule has 274 valence electrons. The first-order valence-corrected chi connectivity index (χ1v) is 19.7. The van der Waals surface area contributed by atoms with Gasteiger partial charge in [-0.1, -0.05) is 140 Å². The maximum Gasteiger partial charge on any atom is 2.00 e. The second-order valence-electron chi connectivity index (χ2n) is 9.32. The minimum absolute atomic E-state index is 0. The number of allylic oxidation sites excluding steroid dienone is 6. The van der Waals surface area contributed by atoms with Crippen LogP contribution in [0, 0.1) is 6.07 Å². The van der Waals surface area contributed by atoms with Crippen molar-refractivity contribution in [3.05, 3.63) is 193 Å². The van der Waals surface area contributed by atoms with Crippen LogP contribution in [0.1, 0.15) is 45.0 Å². The minimum Gasteiger partial charge on any atom is -1.00 e. The van der Waals surface area contributed by atoms with E-state index < -0.39 is 11.3 Å². The van der Waals surface area contributed by atoms with Gasteiger partial charge in [-0.2, -0.15) is 36.4 Å². The van der Waals surface area contributed by atoms with Gasteiger partial charge in [0.05, 0.1) is 12.2 Å². The van der Waals surface area contributed by atoms with Gasteiger partial charge in [-0.3, -0.25) is 14.2 Å². The average molecular weight is 860 g/mol. The summed E-state index contributed by atoms with van der Waals surface area (Å²) in [4.78, 5) is 19.2. The van der Waals surface area contributed by atoms with Gasteiger partial charge in [0.15, 0.2) is 0 Å².